The number of amides is 1. The molecule has 1 fully saturated rings. The van der Waals surface area contributed by atoms with Crippen LogP contribution in [0.1, 0.15) is 37.3 Å². The zero-order valence-corrected chi connectivity index (χ0v) is 16.9. The molecule has 3 aromatic heterocycles. The summed E-state index contributed by atoms with van der Waals surface area (Å²) in [5.74, 6) is -1.75. The standard InChI is InChI=1S/C21H23F2N5O2/c1-13-7-15(9-25-20(13)30-12-21(2,22)23)10-28-11-16-17(27-28)5-6-24-19(16)26-18(29)8-14-3-4-14/h5-7,9,11,14H,3-4,8,10,12H2,1-2H3,(H,24,26,29). The number of aromatic nitrogens is 4. The van der Waals surface area contributed by atoms with Crippen LogP contribution in [0.3, 0.4) is 0 Å². The Kier molecular flexibility index (Phi) is 5.36. The highest BCUT2D eigenvalue weighted by Crippen LogP contribution is 2.32. The van der Waals surface area contributed by atoms with Crippen LogP contribution in [-0.2, 0) is 11.3 Å². The molecule has 0 radical (unpaired) electrons. The molecule has 1 N–H and O–H groups in total. The highest BCUT2D eigenvalue weighted by Gasteiger charge is 2.25. The fraction of sp³-hybridized carbons (Fsp3) is 0.429. The van der Waals surface area contributed by atoms with Crippen LogP contribution in [-0.4, -0.2) is 38.2 Å². The molecule has 1 saturated carbocycles. The molecule has 0 saturated heterocycles. The van der Waals surface area contributed by atoms with Gasteiger partial charge in [-0.15, -0.1) is 0 Å². The number of hydrogen-bond donors (Lipinski definition) is 1. The lowest BCUT2D eigenvalue weighted by Crippen LogP contribution is -2.21. The van der Waals surface area contributed by atoms with Gasteiger partial charge in [0.25, 0.3) is 5.92 Å². The summed E-state index contributed by atoms with van der Waals surface area (Å²) < 4.78 is 32.8. The number of aryl methyl sites for hydroxylation is 1. The van der Waals surface area contributed by atoms with Crippen LogP contribution < -0.4 is 10.1 Å². The summed E-state index contributed by atoms with van der Waals surface area (Å²) in [5, 5.41) is 8.18. The van der Waals surface area contributed by atoms with Crippen molar-refractivity contribution in [2.45, 2.75) is 45.6 Å². The van der Waals surface area contributed by atoms with E-state index in [-0.39, 0.29) is 11.8 Å². The summed E-state index contributed by atoms with van der Waals surface area (Å²) in [7, 11) is 0. The quantitative estimate of drug-likeness (QED) is 0.602. The Labute approximate surface area is 172 Å². The number of carbonyl (C=O) groups excluding carboxylic acids is 1. The zero-order valence-electron chi connectivity index (χ0n) is 16.9. The number of pyridine rings is 2. The number of rotatable bonds is 8. The number of ether oxygens (including phenoxy) is 1. The molecular formula is C21H23F2N5O2. The van der Waals surface area contributed by atoms with E-state index in [0.717, 1.165) is 36.2 Å². The first kappa shape index (κ1) is 20.2. The minimum Gasteiger partial charge on any atom is -0.471 e. The van der Waals surface area contributed by atoms with Crippen molar-refractivity contribution < 1.29 is 18.3 Å². The van der Waals surface area contributed by atoms with Crippen LogP contribution in [0.15, 0.2) is 30.7 Å². The molecule has 4 rings (SSSR count). The van der Waals surface area contributed by atoms with Gasteiger partial charge in [0.2, 0.25) is 11.8 Å². The average Bonchev–Trinajstić information content (AvgIpc) is 3.36. The number of nitrogens with one attached hydrogen (secondary N) is 1. The van der Waals surface area contributed by atoms with Crippen LogP contribution in [0.5, 0.6) is 5.88 Å². The van der Waals surface area contributed by atoms with Crippen LogP contribution in [0.4, 0.5) is 14.6 Å². The number of halogens is 2. The van der Waals surface area contributed by atoms with E-state index in [1.165, 1.54) is 0 Å². The van der Waals surface area contributed by atoms with E-state index < -0.39 is 12.5 Å². The second-order valence-electron chi connectivity index (χ2n) is 7.94. The molecule has 7 nitrogen and oxygen atoms in total. The van der Waals surface area contributed by atoms with Crippen LogP contribution >= 0.6 is 0 Å². The maximum absolute atomic E-state index is 13.0. The summed E-state index contributed by atoms with van der Waals surface area (Å²) in [4.78, 5) is 20.6. The highest BCUT2D eigenvalue weighted by atomic mass is 19.3. The lowest BCUT2D eigenvalue weighted by molar-refractivity contribution is -0.116. The van der Waals surface area contributed by atoms with Crippen LogP contribution in [0.2, 0.25) is 0 Å². The number of hydrogen-bond acceptors (Lipinski definition) is 5. The van der Waals surface area contributed by atoms with Gasteiger partial charge in [-0.3, -0.25) is 9.48 Å². The van der Waals surface area contributed by atoms with Crippen molar-refractivity contribution in [1.82, 2.24) is 19.7 Å². The maximum Gasteiger partial charge on any atom is 0.278 e. The predicted octanol–water partition coefficient (Wildman–Crippen LogP) is 3.96. The smallest absolute Gasteiger partial charge is 0.278 e. The minimum atomic E-state index is -2.91. The summed E-state index contributed by atoms with van der Waals surface area (Å²) >= 11 is 0. The van der Waals surface area contributed by atoms with E-state index in [1.54, 1.807) is 30.1 Å². The fourth-order valence-corrected chi connectivity index (χ4v) is 3.18. The van der Waals surface area contributed by atoms with Crippen molar-refractivity contribution >= 4 is 22.6 Å². The molecule has 3 aromatic rings. The fourth-order valence-electron chi connectivity index (χ4n) is 3.18. The van der Waals surface area contributed by atoms with Gasteiger partial charge in [0.1, 0.15) is 5.82 Å². The minimum absolute atomic E-state index is 0.0293. The molecule has 9 heteroatoms. The maximum atomic E-state index is 13.0. The third-order valence-corrected chi connectivity index (χ3v) is 4.80. The number of nitrogens with zero attached hydrogens (tertiary/aromatic N) is 4. The molecule has 0 bridgehead atoms. The van der Waals surface area contributed by atoms with Crippen molar-refractivity contribution in [2.24, 2.45) is 5.92 Å². The Morgan fingerprint density at radius 2 is 2.17 bits per heavy atom. The summed E-state index contributed by atoms with van der Waals surface area (Å²) in [6, 6.07) is 3.62. The predicted molar refractivity (Wildman–Crippen MR) is 108 cm³/mol. The molecule has 1 amide bonds. The molecule has 0 atom stereocenters. The second kappa shape index (κ2) is 7.97. The lowest BCUT2D eigenvalue weighted by Gasteiger charge is -2.13. The first-order valence-electron chi connectivity index (χ1n) is 9.85. The molecule has 30 heavy (non-hydrogen) atoms. The Bertz CT molecular complexity index is 1070. The SMILES string of the molecule is Cc1cc(Cn2cc3c(NC(=O)CC4CC4)nccc3n2)cnc1OCC(C)(F)F. The average molecular weight is 415 g/mol. The molecule has 3 heterocycles. The van der Waals surface area contributed by atoms with Gasteiger partial charge >= 0.3 is 0 Å². The van der Waals surface area contributed by atoms with E-state index in [1.807, 2.05) is 12.3 Å². The van der Waals surface area contributed by atoms with E-state index in [4.69, 9.17) is 4.74 Å². The molecule has 0 aliphatic heterocycles. The second-order valence-corrected chi connectivity index (χ2v) is 7.94. The normalized spacial score (nSPS) is 14.1. The molecule has 1 aliphatic carbocycles. The van der Waals surface area contributed by atoms with Crippen LogP contribution in [0.25, 0.3) is 10.9 Å². The van der Waals surface area contributed by atoms with Gasteiger partial charge in [-0.05, 0) is 43.4 Å². The van der Waals surface area contributed by atoms with Crippen molar-refractivity contribution in [2.75, 3.05) is 11.9 Å². The summed E-state index contributed by atoms with van der Waals surface area (Å²) in [6.07, 6.45) is 7.77. The molecular weight excluding hydrogens is 392 g/mol. The third kappa shape index (κ3) is 5.08. The van der Waals surface area contributed by atoms with Gasteiger partial charge in [0.05, 0.1) is 17.4 Å². The third-order valence-electron chi connectivity index (χ3n) is 4.80. The molecule has 1 aliphatic rings. The zero-order chi connectivity index (χ0) is 21.3. The van der Waals surface area contributed by atoms with Gasteiger partial charge < -0.3 is 10.1 Å². The van der Waals surface area contributed by atoms with Gasteiger partial charge in [-0.25, -0.2) is 18.7 Å². The molecule has 158 valence electrons. The van der Waals surface area contributed by atoms with Crippen LogP contribution in [0, 0.1) is 12.8 Å². The first-order valence-corrected chi connectivity index (χ1v) is 9.85. The Morgan fingerprint density at radius 3 is 2.87 bits per heavy atom. The van der Waals surface area contributed by atoms with Gasteiger partial charge in [-0.2, -0.15) is 5.10 Å². The summed E-state index contributed by atoms with van der Waals surface area (Å²) in [6.45, 7) is 2.28. The number of carbonyl (C=O) groups is 1. The van der Waals surface area contributed by atoms with E-state index in [2.05, 4.69) is 20.4 Å². The Morgan fingerprint density at radius 1 is 1.37 bits per heavy atom. The number of anilines is 1. The van der Waals surface area contributed by atoms with E-state index in [0.29, 0.717) is 30.3 Å². The first-order chi connectivity index (χ1) is 14.3. The van der Waals surface area contributed by atoms with Gasteiger partial charge in [0.15, 0.2) is 6.61 Å². The Hall–Kier alpha value is -3.10. The largest absolute Gasteiger partial charge is 0.471 e. The van der Waals surface area contributed by atoms with Crippen molar-refractivity contribution in [3.63, 3.8) is 0 Å². The van der Waals surface area contributed by atoms with E-state index in [9.17, 15) is 13.6 Å². The van der Waals surface area contributed by atoms with Crippen molar-refractivity contribution in [1.29, 1.82) is 0 Å². The topological polar surface area (TPSA) is 81.9 Å². The van der Waals surface area contributed by atoms with Crippen molar-refractivity contribution in [3.05, 3.63) is 41.9 Å². The van der Waals surface area contributed by atoms with Gasteiger partial charge in [-0.1, -0.05) is 0 Å². The van der Waals surface area contributed by atoms with Gasteiger partial charge in [0, 0.05) is 37.5 Å². The molecule has 0 aromatic carbocycles. The lowest BCUT2D eigenvalue weighted by atomic mass is 10.2. The van der Waals surface area contributed by atoms with E-state index >= 15 is 0 Å². The molecule has 0 spiro atoms. The highest BCUT2D eigenvalue weighted by molar-refractivity contribution is 5.99. The van der Waals surface area contributed by atoms with Crippen molar-refractivity contribution in [3.8, 4) is 5.88 Å². The number of alkyl halides is 2. The monoisotopic (exact) mass is 415 g/mol. The Balaban J connectivity index is 1.48. The number of fused-ring (bicyclic) bond motifs is 1. The summed E-state index contributed by atoms with van der Waals surface area (Å²) in [5.41, 5.74) is 2.24. The molecule has 0 unspecified atom stereocenters.